The second kappa shape index (κ2) is 8.63. The molecule has 2 aromatic carbocycles. The fraction of sp³-hybridized carbons (Fsp3) is 0.100. The van der Waals surface area contributed by atoms with Gasteiger partial charge in [-0.3, -0.25) is 14.4 Å². The van der Waals surface area contributed by atoms with E-state index in [9.17, 15) is 14.4 Å². The summed E-state index contributed by atoms with van der Waals surface area (Å²) in [5.74, 6) is -0.764. The maximum atomic E-state index is 12.2. The predicted molar refractivity (Wildman–Crippen MR) is 103 cm³/mol. The minimum atomic E-state index is -0.528. The zero-order chi connectivity index (χ0) is 19.9. The Morgan fingerprint density at radius 1 is 0.964 bits per heavy atom. The van der Waals surface area contributed by atoms with Gasteiger partial charge in [0.2, 0.25) is 5.91 Å². The number of anilines is 1. The average Bonchev–Trinajstić information content (AvgIpc) is 3.22. The minimum absolute atomic E-state index is 0.0771. The van der Waals surface area contributed by atoms with Crippen molar-refractivity contribution < 1.29 is 18.9 Å². The number of aromatic nitrogens is 1. The zero-order valence-corrected chi connectivity index (χ0v) is 15.1. The van der Waals surface area contributed by atoms with Crippen LogP contribution in [0.4, 0.5) is 5.69 Å². The minimum Gasteiger partial charge on any atom is -0.355 e. The standard InChI is InChI=1S/C20H18N4O4/c1-21-19(26)14-8-5-9-15(10-14)23-18(25)12-22-20(27)16-11-17(28-24-16)13-6-3-2-4-7-13/h2-11H,12H2,1H3,(H,21,26)(H,22,27)(H,23,25). The molecule has 28 heavy (non-hydrogen) atoms. The van der Waals surface area contributed by atoms with E-state index in [4.69, 9.17) is 4.52 Å². The molecular formula is C20H18N4O4. The van der Waals surface area contributed by atoms with Gasteiger partial charge in [0.15, 0.2) is 11.5 Å². The van der Waals surface area contributed by atoms with Gasteiger partial charge in [0, 0.05) is 29.9 Å². The van der Waals surface area contributed by atoms with Gasteiger partial charge in [0.1, 0.15) is 0 Å². The number of hydrogen-bond donors (Lipinski definition) is 3. The number of nitrogens with zero attached hydrogens (tertiary/aromatic N) is 1. The van der Waals surface area contributed by atoms with Crippen LogP contribution < -0.4 is 16.0 Å². The molecule has 3 aromatic rings. The molecule has 8 heteroatoms. The number of benzene rings is 2. The number of hydrogen-bond acceptors (Lipinski definition) is 5. The Hall–Kier alpha value is -3.94. The van der Waals surface area contributed by atoms with Crippen LogP contribution in [0.25, 0.3) is 11.3 Å². The second-order valence-corrected chi connectivity index (χ2v) is 5.83. The lowest BCUT2D eigenvalue weighted by Gasteiger charge is -2.07. The summed E-state index contributed by atoms with van der Waals surface area (Å²) in [7, 11) is 1.52. The van der Waals surface area contributed by atoms with Crippen LogP contribution in [-0.4, -0.2) is 36.5 Å². The van der Waals surface area contributed by atoms with Gasteiger partial charge in [-0.2, -0.15) is 0 Å². The molecule has 0 spiro atoms. The molecule has 1 aromatic heterocycles. The van der Waals surface area contributed by atoms with E-state index in [0.29, 0.717) is 17.0 Å². The molecule has 142 valence electrons. The van der Waals surface area contributed by atoms with Crippen LogP contribution >= 0.6 is 0 Å². The van der Waals surface area contributed by atoms with Crippen molar-refractivity contribution in [3.8, 4) is 11.3 Å². The quantitative estimate of drug-likeness (QED) is 0.608. The highest BCUT2D eigenvalue weighted by molar-refractivity contribution is 6.00. The lowest BCUT2D eigenvalue weighted by Crippen LogP contribution is -2.33. The third kappa shape index (κ3) is 4.61. The Morgan fingerprint density at radius 2 is 1.75 bits per heavy atom. The third-order valence-corrected chi connectivity index (χ3v) is 3.85. The number of amides is 3. The maximum absolute atomic E-state index is 12.2. The predicted octanol–water partition coefficient (Wildman–Crippen LogP) is 2.07. The Bertz CT molecular complexity index is 998. The fourth-order valence-electron chi connectivity index (χ4n) is 2.46. The third-order valence-electron chi connectivity index (χ3n) is 3.85. The zero-order valence-electron chi connectivity index (χ0n) is 15.1. The van der Waals surface area contributed by atoms with Crippen molar-refractivity contribution in [1.29, 1.82) is 0 Å². The molecule has 0 fully saturated rings. The second-order valence-electron chi connectivity index (χ2n) is 5.83. The first-order chi connectivity index (χ1) is 13.6. The molecule has 3 N–H and O–H groups in total. The molecule has 1 heterocycles. The maximum Gasteiger partial charge on any atom is 0.273 e. The van der Waals surface area contributed by atoms with E-state index in [0.717, 1.165) is 5.56 Å². The van der Waals surface area contributed by atoms with Gasteiger partial charge in [0.05, 0.1) is 6.54 Å². The summed E-state index contributed by atoms with van der Waals surface area (Å²) in [5.41, 5.74) is 1.74. The van der Waals surface area contributed by atoms with E-state index in [1.807, 2.05) is 30.3 Å². The van der Waals surface area contributed by atoms with Crippen molar-refractivity contribution in [2.45, 2.75) is 0 Å². The van der Waals surface area contributed by atoms with E-state index < -0.39 is 11.8 Å². The summed E-state index contributed by atoms with van der Waals surface area (Å²) >= 11 is 0. The van der Waals surface area contributed by atoms with Crippen molar-refractivity contribution in [2.24, 2.45) is 0 Å². The first kappa shape index (κ1) is 18.8. The Balaban J connectivity index is 1.56. The molecule has 0 radical (unpaired) electrons. The summed E-state index contributed by atoms with van der Waals surface area (Å²) in [6.45, 7) is -0.253. The van der Waals surface area contributed by atoms with Gasteiger partial charge in [-0.25, -0.2) is 0 Å². The highest BCUT2D eigenvalue weighted by Gasteiger charge is 2.15. The molecule has 8 nitrogen and oxygen atoms in total. The molecule has 3 rings (SSSR count). The summed E-state index contributed by atoms with van der Waals surface area (Å²) < 4.78 is 5.17. The molecule has 0 saturated heterocycles. The van der Waals surface area contributed by atoms with E-state index in [1.165, 1.54) is 13.1 Å². The normalized spacial score (nSPS) is 10.2. The first-order valence-corrected chi connectivity index (χ1v) is 8.49. The highest BCUT2D eigenvalue weighted by atomic mass is 16.5. The Labute approximate surface area is 160 Å². The van der Waals surface area contributed by atoms with Crippen molar-refractivity contribution >= 4 is 23.4 Å². The number of nitrogens with one attached hydrogen (secondary N) is 3. The average molecular weight is 378 g/mol. The summed E-state index contributed by atoms with van der Waals surface area (Å²) in [4.78, 5) is 35.8. The fourth-order valence-corrected chi connectivity index (χ4v) is 2.46. The molecule has 0 atom stereocenters. The largest absolute Gasteiger partial charge is 0.355 e. The Morgan fingerprint density at radius 3 is 2.50 bits per heavy atom. The smallest absolute Gasteiger partial charge is 0.273 e. The summed E-state index contributed by atoms with van der Waals surface area (Å²) in [6, 6.07) is 17.2. The number of rotatable bonds is 6. The van der Waals surface area contributed by atoms with E-state index in [2.05, 4.69) is 21.1 Å². The van der Waals surface area contributed by atoms with Gasteiger partial charge in [-0.05, 0) is 18.2 Å². The first-order valence-electron chi connectivity index (χ1n) is 8.49. The summed E-state index contributed by atoms with van der Waals surface area (Å²) in [5, 5.41) is 11.3. The molecule has 0 aliphatic heterocycles. The van der Waals surface area contributed by atoms with E-state index in [-0.39, 0.29) is 18.1 Å². The van der Waals surface area contributed by atoms with Crippen LogP contribution in [0, 0.1) is 0 Å². The van der Waals surface area contributed by atoms with Crippen molar-refractivity contribution in [1.82, 2.24) is 15.8 Å². The van der Waals surface area contributed by atoms with Gasteiger partial charge < -0.3 is 20.5 Å². The van der Waals surface area contributed by atoms with Crippen LogP contribution in [-0.2, 0) is 4.79 Å². The van der Waals surface area contributed by atoms with E-state index >= 15 is 0 Å². The van der Waals surface area contributed by atoms with E-state index in [1.54, 1.807) is 24.3 Å². The van der Waals surface area contributed by atoms with Crippen LogP contribution in [0.1, 0.15) is 20.8 Å². The number of carbonyl (C=O) groups excluding carboxylic acids is 3. The molecule has 0 unspecified atom stereocenters. The molecule has 0 aliphatic carbocycles. The lowest BCUT2D eigenvalue weighted by atomic mass is 10.1. The SMILES string of the molecule is CNC(=O)c1cccc(NC(=O)CNC(=O)c2cc(-c3ccccc3)on2)c1. The molecular weight excluding hydrogens is 360 g/mol. The molecule has 3 amide bonds. The van der Waals surface area contributed by atoms with Crippen molar-refractivity contribution in [3.05, 3.63) is 71.9 Å². The topological polar surface area (TPSA) is 113 Å². The van der Waals surface area contributed by atoms with Gasteiger partial charge >= 0.3 is 0 Å². The highest BCUT2D eigenvalue weighted by Crippen LogP contribution is 2.19. The monoisotopic (exact) mass is 378 g/mol. The summed E-state index contributed by atoms with van der Waals surface area (Å²) in [6.07, 6.45) is 0. The van der Waals surface area contributed by atoms with Gasteiger partial charge in [0.25, 0.3) is 11.8 Å². The van der Waals surface area contributed by atoms with Crippen molar-refractivity contribution in [3.63, 3.8) is 0 Å². The number of carbonyl (C=O) groups is 3. The van der Waals surface area contributed by atoms with Gasteiger partial charge in [-0.15, -0.1) is 0 Å². The molecule has 0 aliphatic rings. The lowest BCUT2D eigenvalue weighted by molar-refractivity contribution is -0.115. The van der Waals surface area contributed by atoms with Crippen LogP contribution in [0.15, 0.2) is 65.2 Å². The van der Waals surface area contributed by atoms with Gasteiger partial charge in [-0.1, -0.05) is 41.6 Å². The Kier molecular flexibility index (Phi) is 5.81. The van der Waals surface area contributed by atoms with Crippen LogP contribution in [0.5, 0.6) is 0 Å². The molecule has 0 bridgehead atoms. The molecule has 0 saturated carbocycles. The van der Waals surface area contributed by atoms with Crippen LogP contribution in [0.2, 0.25) is 0 Å². The van der Waals surface area contributed by atoms with Crippen LogP contribution in [0.3, 0.4) is 0 Å². The van der Waals surface area contributed by atoms with Crippen molar-refractivity contribution in [2.75, 3.05) is 18.9 Å².